The largest absolute Gasteiger partial charge is 0.469 e. The van der Waals surface area contributed by atoms with E-state index in [0.29, 0.717) is 0 Å². The fourth-order valence-electron chi connectivity index (χ4n) is 0.355. The molecule has 0 spiro atoms. The number of ether oxygens (including phenoxy) is 1. The summed E-state index contributed by atoms with van der Waals surface area (Å²) in [7, 11) is 1.26. The molecule has 0 unspecified atom stereocenters. The maximum absolute atomic E-state index is 10.8. The number of Topliss-reactive ketones (excluding diaryl/α,β-unsaturated/α-hetero) is 1. The molecule has 0 aliphatic carbocycles. The van der Waals surface area contributed by atoms with E-state index in [1.165, 1.54) is 7.11 Å². The predicted molar refractivity (Wildman–Crippen MR) is 40.0 cm³/mol. The van der Waals surface area contributed by atoms with Gasteiger partial charge >= 0.3 is 5.97 Å². The van der Waals surface area contributed by atoms with Crippen LogP contribution in [0.3, 0.4) is 0 Å². The van der Waals surface area contributed by atoms with Gasteiger partial charge in [0.15, 0.2) is 5.78 Å². The van der Waals surface area contributed by atoms with Gasteiger partial charge < -0.3 is 4.74 Å². The van der Waals surface area contributed by atoms with E-state index in [2.05, 4.69) is 20.7 Å². The van der Waals surface area contributed by atoms with Crippen molar-refractivity contribution < 1.29 is 14.3 Å². The lowest BCUT2D eigenvalue weighted by Gasteiger charge is -1.99. The van der Waals surface area contributed by atoms with E-state index < -0.39 is 5.97 Å². The third-order valence-corrected chi connectivity index (χ3v) is 1.50. The van der Waals surface area contributed by atoms with Crippen LogP contribution in [0.25, 0.3) is 0 Å². The van der Waals surface area contributed by atoms with Gasteiger partial charge in [-0.05, 0) is 6.92 Å². The molecule has 58 valence electrons. The number of alkyl halides is 1. The molecule has 0 heterocycles. The van der Waals surface area contributed by atoms with Gasteiger partial charge in [0.2, 0.25) is 0 Å². The van der Waals surface area contributed by atoms with E-state index >= 15 is 0 Å². The quantitative estimate of drug-likeness (QED) is 0.394. The molecule has 1 atom stereocenters. The number of carbonyl (C=O) groups is 2. The molecule has 0 aliphatic rings. The summed E-state index contributed by atoms with van der Waals surface area (Å²) in [6.45, 7) is 1.67. The van der Waals surface area contributed by atoms with Gasteiger partial charge in [0.05, 0.1) is 11.9 Å². The highest BCUT2D eigenvalue weighted by Crippen LogP contribution is 2.02. The number of rotatable bonds is 3. The average Bonchev–Trinajstić information content (AvgIpc) is 1.87. The molecule has 0 rings (SSSR count). The molecule has 0 aromatic rings. The lowest BCUT2D eigenvalue weighted by Crippen LogP contribution is -2.15. The minimum Gasteiger partial charge on any atom is -0.469 e. The maximum Gasteiger partial charge on any atom is 0.313 e. The smallest absolute Gasteiger partial charge is 0.313 e. The van der Waals surface area contributed by atoms with Gasteiger partial charge in [0.25, 0.3) is 0 Å². The zero-order chi connectivity index (χ0) is 8.15. The van der Waals surface area contributed by atoms with Crippen molar-refractivity contribution >= 4 is 27.7 Å². The van der Waals surface area contributed by atoms with E-state index in [4.69, 9.17) is 0 Å². The first-order valence-corrected chi connectivity index (χ1v) is 3.73. The van der Waals surface area contributed by atoms with E-state index in [9.17, 15) is 9.59 Å². The van der Waals surface area contributed by atoms with Crippen molar-refractivity contribution in [2.75, 3.05) is 7.11 Å². The van der Waals surface area contributed by atoms with Crippen LogP contribution in [0, 0.1) is 0 Å². The van der Waals surface area contributed by atoms with Crippen LogP contribution in [0.1, 0.15) is 13.3 Å². The van der Waals surface area contributed by atoms with Gasteiger partial charge in [-0.2, -0.15) is 0 Å². The number of methoxy groups -OCH3 is 1. The first kappa shape index (κ1) is 9.62. The van der Waals surface area contributed by atoms with Crippen molar-refractivity contribution in [1.82, 2.24) is 0 Å². The van der Waals surface area contributed by atoms with Gasteiger partial charge in [0.1, 0.15) is 6.42 Å². The van der Waals surface area contributed by atoms with Crippen LogP contribution >= 0.6 is 15.9 Å². The molecule has 0 aliphatic heterocycles. The first-order valence-electron chi connectivity index (χ1n) is 2.81. The SMILES string of the molecule is COC(=O)CC(=O)[C@H](C)Br. The van der Waals surface area contributed by atoms with Crippen LogP contribution in [0.4, 0.5) is 0 Å². The highest BCUT2D eigenvalue weighted by atomic mass is 79.9. The molecular weight excluding hydrogens is 200 g/mol. The number of hydrogen-bond acceptors (Lipinski definition) is 3. The molecule has 0 aromatic carbocycles. The topological polar surface area (TPSA) is 43.4 Å². The van der Waals surface area contributed by atoms with Crippen LogP contribution in [0.2, 0.25) is 0 Å². The minimum absolute atomic E-state index is 0.150. The molecule has 0 bridgehead atoms. The number of esters is 1. The standard InChI is InChI=1S/C6H9BrO3/c1-4(7)5(8)3-6(9)10-2/h4H,3H2,1-2H3/t4-/m0/s1. The highest BCUT2D eigenvalue weighted by molar-refractivity contribution is 9.10. The third-order valence-electron chi connectivity index (χ3n) is 0.990. The summed E-state index contributed by atoms with van der Waals surface area (Å²) in [6.07, 6.45) is -0.150. The average molecular weight is 209 g/mol. The highest BCUT2D eigenvalue weighted by Gasteiger charge is 2.13. The predicted octanol–water partition coefficient (Wildman–Crippen LogP) is 0.902. The monoisotopic (exact) mass is 208 g/mol. The van der Waals surface area contributed by atoms with Gasteiger partial charge in [-0.15, -0.1) is 0 Å². The fourth-order valence-corrected chi connectivity index (χ4v) is 0.517. The Labute approximate surface area is 67.9 Å². The molecule has 0 saturated carbocycles. The lowest BCUT2D eigenvalue weighted by molar-refractivity contribution is -0.143. The Morgan fingerprint density at radius 2 is 2.10 bits per heavy atom. The zero-order valence-corrected chi connectivity index (χ0v) is 7.47. The van der Waals surface area contributed by atoms with E-state index in [-0.39, 0.29) is 17.0 Å². The van der Waals surface area contributed by atoms with E-state index in [1.54, 1.807) is 6.92 Å². The second-order valence-electron chi connectivity index (χ2n) is 1.84. The Morgan fingerprint density at radius 3 is 2.40 bits per heavy atom. The summed E-state index contributed by atoms with van der Waals surface area (Å²) in [6, 6.07) is 0. The molecule has 0 radical (unpaired) electrons. The summed E-state index contributed by atoms with van der Waals surface area (Å²) < 4.78 is 4.29. The van der Waals surface area contributed by atoms with Gasteiger partial charge in [-0.1, -0.05) is 15.9 Å². The van der Waals surface area contributed by atoms with Crippen molar-refractivity contribution in [2.45, 2.75) is 18.2 Å². The van der Waals surface area contributed by atoms with Crippen LogP contribution in [0.15, 0.2) is 0 Å². The molecular formula is C6H9BrO3. The zero-order valence-electron chi connectivity index (χ0n) is 5.89. The van der Waals surface area contributed by atoms with Gasteiger partial charge in [0, 0.05) is 0 Å². The van der Waals surface area contributed by atoms with Crippen molar-refractivity contribution in [3.8, 4) is 0 Å². The summed E-state index contributed by atoms with van der Waals surface area (Å²) >= 11 is 3.04. The first-order chi connectivity index (χ1) is 4.57. The number of ketones is 1. The fraction of sp³-hybridized carbons (Fsp3) is 0.667. The Balaban J connectivity index is 3.69. The van der Waals surface area contributed by atoms with Crippen LogP contribution < -0.4 is 0 Å². The Hall–Kier alpha value is -0.380. The minimum atomic E-state index is -0.490. The molecule has 0 saturated heterocycles. The van der Waals surface area contributed by atoms with Crippen LogP contribution in [-0.4, -0.2) is 23.7 Å². The van der Waals surface area contributed by atoms with Gasteiger partial charge in [-0.3, -0.25) is 9.59 Å². The molecule has 0 aromatic heterocycles. The normalized spacial score (nSPS) is 12.3. The van der Waals surface area contributed by atoms with Crippen molar-refractivity contribution in [1.29, 1.82) is 0 Å². The third kappa shape index (κ3) is 3.61. The number of halogens is 1. The van der Waals surface area contributed by atoms with Crippen LogP contribution in [0.5, 0.6) is 0 Å². The molecule has 3 nitrogen and oxygen atoms in total. The Morgan fingerprint density at radius 1 is 1.60 bits per heavy atom. The summed E-state index contributed by atoms with van der Waals surface area (Å²) in [5.41, 5.74) is 0. The molecule has 0 amide bonds. The van der Waals surface area contributed by atoms with Crippen molar-refractivity contribution in [2.24, 2.45) is 0 Å². The maximum atomic E-state index is 10.8. The van der Waals surface area contributed by atoms with E-state index in [0.717, 1.165) is 0 Å². The number of hydrogen-bond donors (Lipinski definition) is 0. The Kier molecular flexibility index (Phi) is 4.27. The second kappa shape index (κ2) is 4.44. The lowest BCUT2D eigenvalue weighted by atomic mass is 10.2. The summed E-state index contributed by atoms with van der Waals surface area (Å²) in [5, 5.41) is 0. The second-order valence-corrected chi connectivity index (χ2v) is 3.21. The number of carbonyl (C=O) groups excluding carboxylic acids is 2. The molecule has 0 N–H and O–H groups in total. The molecule has 10 heavy (non-hydrogen) atoms. The van der Waals surface area contributed by atoms with E-state index in [1.807, 2.05) is 0 Å². The van der Waals surface area contributed by atoms with Gasteiger partial charge in [-0.25, -0.2) is 0 Å². The van der Waals surface area contributed by atoms with Crippen molar-refractivity contribution in [3.05, 3.63) is 0 Å². The molecule has 0 fully saturated rings. The summed E-state index contributed by atoms with van der Waals surface area (Å²) in [4.78, 5) is 21.0. The Bertz CT molecular complexity index is 142. The van der Waals surface area contributed by atoms with Crippen LogP contribution in [-0.2, 0) is 14.3 Å². The summed E-state index contributed by atoms with van der Waals surface area (Å²) in [5.74, 6) is -0.650. The molecule has 4 heteroatoms. The van der Waals surface area contributed by atoms with Crippen molar-refractivity contribution in [3.63, 3.8) is 0 Å².